The van der Waals surface area contributed by atoms with Gasteiger partial charge in [0.15, 0.2) is 10.8 Å². The van der Waals surface area contributed by atoms with E-state index in [1.54, 1.807) is 11.1 Å². The summed E-state index contributed by atoms with van der Waals surface area (Å²) >= 11 is 9.09. The normalized spacial score (nSPS) is 20.7. The Labute approximate surface area is 187 Å². The molecule has 1 unspecified atom stereocenters. The number of hydrogen-bond acceptors (Lipinski definition) is 8. The fraction of sp³-hybridized carbons (Fsp3) is 0.190. The maximum Gasteiger partial charge on any atom is 0.346 e. The first-order valence-corrected chi connectivity index (χ1v) is 11.1. The number of esters is 1. The van der Waals surface area contributed by atoms with E-state index >= 15 is 0 Å². The number of anilines is 2. The molecule has 2 heterocycles. The van der Waals surface area contributed by atoms with Crippen LogP contribution >= 0.6 is 35.1 Å². The maximum absolute atomic E-state index is 12.6. The smallest absolute Gasteiger partial charge is 0.346 e. The predicted molar refractivity (Wildman–Crippen MR) is 124 cm³/mol. The number of halogens is 1. The third-order valence-electron chi connectivity index (χ3n) is 4.64. The minimum atomic E-state index is -0.985. The number of Topliss-reactive ketones (excluding diaryl/α,β-unsaturated/α-hetero) is 1. The van der Waals surface area contributed by atoms with Crippen LogP contribution in [0.5, 0.6) is 0 Å². The second-order valence-corrected chi connectivity index (χ2v) is 9.56. The van der Waals surface area contributed by atoms with Gasteiger partial charge in [0.1, 0.15) is 4.91 Å². The lowest BCUT2D eigenvalue weighted by Gasteiger charge is -2.41. The van der Waals surface area contributed by atoms with Crippen molar-refractivity contribution in [2.45, 2.75) is 18.2 Å². The van der Waals surface area contributed by atoms with E-state index in [0.717, 1.165) is 5.69 Å². The molecule has 1 spiro atoms. The summed E-state index contributed by atoms with van der Waals surface area (Å²) in [4.78, 5) is 27.3. The largest absolute Gasteiger partial charge is 0.465 e. The SMILES string of the molecule is COC(=O)C1=C(C)N(c2ccccc2)C2(SC(C(C)=O)=NN2c2ccccc2Cl)S1. The molecule has 2 aromatic rings. The lowest BCUT2D eigenvalue weighted by atomic mass is 10.2. The molecule has 0 aliphatic carbocycles. The van der Waals surface area contributed by atoms with E-state index in [2.05, 4.69) is 5.10 Å². The summed E-state index contributed by atoms with van der Waals surface area (Å²) < 4.78 is 4.04. The van der Waals surface area contributed by atoms with E-state index in [9.17, 15) is 9.59 Å². The average molecular weight is 460 g/mol. The molecular formula is C21H18ClN3O3S2. The molecule has 154 valence electrons. The van der Waals surface area contributed by atoms with E-state index in [1.165, 1.54) is 37.6 Å². The topological polar surface area (TPSA) is 62.2 Å². The number of hydrazone groups is 1. The molecule has 0 saturated heterocycles. The van der Waals surface area contributed by atoms with Crippen molar-refractivity contribution >= 4 is 63.3 Å². The van der Waals surface area contributed by atoms with Crippen LogP contribution in [-0.2, 0) is 14.3 Å². The Morgan fingerprint density at radius 3 is 2.37 bits per heavy atom. The first-order chi connectivity index (χ1) is 14.4. The van der Waals surface area contributed by atoms with Gasteiger partial charge in [-0.1, -0.05) is 53.7 Å². The van der Waals surface area contributed by atoms with Crippen LogP contribution in [-0.4, -0.2) is 28.2 Å². The van der Waals surface area contributed by atoms with Crippen molar-refractivity contribution in [1.82, 2.24) is 0 Å². The summed E-state index contributed by atoms with van der Waals surface area (Å²) in [5.41, 5.74) is 2.20. The summed E-state index contributed by atoms with van der Waals surface area (Å²) in [6, 6.07) is 17.0. The number of hydrogen-bond donors (Lipinski definition) is 0. The molecular weight excluding hydrogens is 442 g/mol. The lowest BCUT2D eigenvalue weighted by Crippen LogP contribution is -2.49. The molecule has 0 bridgehead atoms. The molecule has 2 aliphatic heterocycles. The summed E-state index contributed by atoms with van der Waals surface area (Å²) in [7, 11) is 1.35. The number of nitrogens with zero attached hydrogens (tertiary/aromatic N) is 3. The highest BCUT2D eigenvalue weighted by molar-refractivity contribution is 8.29. The standard InChI is InChI=1S/C21H18ClN3O3S2/c1-13-18(20(27)28-3)29-21(24(13)15-9-5-4-6-10-15)25(23-19(30-21)14(2)26)17-12-8-7-11-16(17)22/h4-12H,1-3H3. The second-order valence-electron chi connectivity index (χ2n) is 6.55. The van der Waals surface area contributed by atoms with Crippen molar-refractivity contribution in [3.63, 3.8) is 0 Å². The Morgan fingerprint density at radius 1 is 1.07 bits per heavy atom. The quantitative estimate of drug-likeness (QED) is 0.592. The van der Waals surface area contributed by atoms with Gasteiger partial charge in [0.2, 0.25) is 4.33 Å². The summed E-state index contributed by atoms with van der Waals surface area (Å²) in [5.74, 6) is -0.599. The molecule has 0 N–H and O–H groups in total. The minimum Gasteiger partial charge on any atom is -0.465 e. The number of ether oxygens (including phenoxy) is 1. The van der Waals surface area contributed by atoms with Gasteiger partial charge in [0.25, 0.3) is 0 Å². The van der Waals surface area contributed by atoms with Crippen molar-refractivity contribution in [3.8, 4) is 0 Å². The van der Waals surface area contributed by atoms with E-state index < -0.39 is 10.3 Å². The zero-order valence-corrected chi connectivity index (χ0v) is 18.8. The Bertz CT molecular complexity index is 1090. The molecule has 6 nitrogen and oxygen atoms in total. The number of methoxy groups -OCH3 is 1. The molecule has 4 rings (SSSR count). The number of thioether (sulfide) groups is 2. The molecule has 0 fully saturated rings. The molecule has 30 heavy (non-hydrogen) atoms. The third-order valence-corrected chi connectivity index (χ3v) is 7.93. The number of rotatable bonds is 4. The second kappa shape index (κ2) is 8.02. The predicted octanol–water partition coefficient (Wildman–Crippen LogP) is 5.06. The van der Waals surface area contributed by atoms with Gasteiger partial charge >= 0.3 is 5.97 Å². The van der Waals surface area contributed by atoms with Gasteiger partial charge < -0.3 is 9.64 Å². The Morgan fingerprint density at radius 2 is 1.73 bits per heavy atom. The number of carbonyl (C=O) groups excluding carboxylic acids is 2. The van der Waals surface area contributed by atoms with Crippen molar-refractivity contribution in [1.29, 1.82) is 0 Å². The van der Waals surface area contributed by atoms with Crippen LogP contribution in [0.15, 0.2) is 70.3 Å². The van der Waals surface area contributed by atoms with Crippen molar-refractivity contribution in [2.24, 2.45) is 5.10 Å². The van der Waals surface area contributed by atoms with Gasteiger partial charge in [-0.25, -0.2) is 9.80 Å². The van der Waals surface area contributed by atoms with Crippen LogP contribution in [0.2, 0.25) is 5.02 Å². The fourth-order valence-electron chi connectivity index (χ4n) is 3.30. The molecule has 2 aromatic carbocycles. The maximum atomic E-state index is 12.6. The molecule has 1 atom stereocenters. The third kappa shape index (κ3) is 3.29. The number of para-hydroxylation sites is 2. The van der Waals surface area contributed by atoms with Crippen LogP contribution in [0.3, 0.4) is 0 Å². The van der Waals surface area contributed by atoms with Crippen LogP contribution in [0.25, 0.3) is 0 Å². The molecule has 2 aliphatic rings. The summed E-state index contributed by atoms with van der Waals surface area (Å²) in [5, 5.41) is 7.16. The van der Waals surface area contributed by atoms with Gasteiger partial charge in [-0.2, -0.15) is 5.10 Å². The van der Waals surface area contributed by atoms with Crippen molar-refractivity contribution < 1.29 is 14.3 Å². The van der Waals surface area contributed by atoms with E-state index in [0.29, 0.717) is 26.4 Å². The monoisotopic (exact) mass is 459 g/mol. The minimum absolute atomic E-state index is 0.160. The van der Waals surface area contributed by atoms with Gasteiger partial charge in [-0.15, -0.1) is 0 Å². The van der Waals surface area contributed by atoms with Crippen LogP contribution in [0.4, 0.5) is 11.4 Å². The van der Waals surface area contributed by atoms with Gasteiger partial charge in [-0.3, -0.25) is 4.79 Å². The number of allylic oxidation sites excluding steroid dienone is 1. The average Bonchev–Trinajstić information content (AvgIpc) is 3.26. The van der Waals surface area contributed by atoms with E-state index in [4.69, 9.17) is 16.3 Å². The lowest BCUT2D eigenvalue weighted by molar-refractivity contribution is -0.135. The first kappa shape index (κ1) is 20.8. The first-order valence-electron chi connectivity index (χ1n) is 9.06. The molecule has 0 amide bonds. The zero-order chi connectivity index (χ0) is 21.5. The molecule has 9 heteroatoms. The highest BCUT2D eigenvalue weighted by Gasteiger charge is 2.58. The van der Waals surface area contributed by atoms with Gasteiger partial charge in [-0.05, 0) is 43.0 Å². The number of benzene rings is 2. The molecule has 0 saturated carbocycles. The number of carbonyl (C=O) groups is 2. The van der Waals surface area contributed by atoms with Crippen LogP contribution in [0.1, 0.15) is 13.8 Å². The summed E-state index contributed by atoms with van der Waals surface area (Å²) in [6.45, 7) is 3.34. The van der Waals surface area contributed by atoms with Crippen LogP contribution in [0, 0.1) is 0 Å². The highest BCUT2D eigenvalue weighted by atomic mass is 35.5. The van der Waals surface area contributed by atoms with E-state index in [1.807, 2.05) is 60.4 Å². The Hall–Kier alpha value is -2.42. The fourth-order valence-corrected chi connectivity index (χ4v) is 6.48. The van der Waals surface area contributed by atoms with Gasteiger partial charge in [0.05, 0.1) is 17.8 Å². The van der Waals surface area contributed by atoms with E-state index in [-0.39, 0.29) is 5.78 Å². The number of ketones is 1. The zero-order valence-electron chi connectivity index (χ0n) is 16.5. The highest BCUT2D eigenvalue weighted by Crippen LogP contribution is 2.60. The summed E-state index contributed by atoms with van der Waals surface area (Å²) in [6.07, 6.45) is 0. The Kier molecular flexibility index (Phi) is 5.57. The molecule has 0 aromatic heterocycles. The Balaban J connectivity index is 1.94. The van der Waals surface area contributed by atoms with Crippen LogP contribution < -0.4 is 9.91 Å². The van der Waals surface area contributed by atoms with Crippen molar-refractivity contribution in [2.75, 3.05) is 17.0 Å². The van der Waals surface area contributed by atoms with Crippen molar-refractivity contribution in [3.05, 3.63) is 70.2 Å². The molecule has 0 radical (unpaired) electrons. The van der Waals surface area contributed by atoms with Gasteiger partial charge in [0, 0.05) is 18.3 Å².